The van der Waals surface area contributed by atoms with Gasteiger partial charge in [-0.05, 0) is 43.3 Å². The lowest BCUT2D eigenvalue weighted by Gasteiger charge is -2.08. The third kappa shape index (κ3) is 3.76. The highest BCUT2D eigenvalue weighted by molar-refractivity contribution is 5.32. The van der Waals surface area contributed by atoms with Crippen molar-refractivity contribution in [2.45, 2.75) is 20.4 Å². The summed E-state index contributed by atoms with van der Waals surface area (Å²) in [6.07, 6.45) is 0. The van der Waals surface area contributed by atoms with E-state index in [9.17, 15) is 4.39 Å². The van der Waals surface area contributed by atoms with Crippen LogP contribution in [0.1, 0.15) is 18.2 Å². The minimum atomic E-state index is -0.235. The van der Waals surface area contributed by atoms with Crippen molar-refractivity contribution in [1.29, 1.82) is 0 Å². The van der Waals surface area contributed by atoms with E-state index in [2.05, 4.69) is 10.3 Å². The van der Waals surface area contributed by atoms with Crippen molar-refractivity contribution >= 4 is 0 Å². The van der Waals surface area contributed by atoms with Crippen LogP contribution in [0.15, 0.2) is 36.4 Å². The molecule has 0 unspecified atom stereocenters. The Hall–Kier alpha value is -1.94. The van der Waals surface area contributed by atoms with Crippen LogP contribution >= 0.6 is 0 Å². The topological polar surface area (TPSA) is 34.1 Å². The van der Waals surface area contributed by atoms with Gasteiger partial charge in [0.25, 0.3) is 0 Å². The highest BCUT2D eigenvalue weighted by atomic mass is 19.1. The summed E-state index contributed by atoms with van der Waals surface area (Å²) in [4.78, 5) is 4.38. The molecule has 0 aliphatic rings. The van der Waals surface area contributed by atoms with E-state index in [1.807, 2.05) is 19.1 Å². The number of hydrogen-bond acceptors (Lipinski definition) is 3. The van der Waals surface area contributed by atoms with Crippen molar-refractivity contribution in [2.75, 3.05) is 6.54 Å². The number of aromatic nitrogens is 1. The van der Waals surface area contributed by atoms with Gasteiger partial charge >= 0.3 is 0 Å². The number of pyridine rings is 1. The molecule has 2 rings (SSSR count). The van der Waals surface area contributed by atoms with Gasteiger partial charge in [0.15, 0.2) is 0 Å². The predicted molar refractivity (Wildman–Crippen MR) is 72.8 cm³/mol. The molecule has 19 heavy (non-hydrogen) atoms. The molecule has 0 atom stereocenters. The molecular formula is C15H17FN2O. The van der Waals surface area contributed by atoms with E-state index in [1.54, 1.807) is 25.1 Å². The van der Waals surface area contributed by atoms with Crippen molar-refractivity contribution in [3.63, 3.8) is 0 Å². The molecule has 0 saturated heterocycles. The van der Waals surface area contributed by atoms with Crippen molar-refractivity contribution in [1.82, 2.24) is 10.3 Å². The van der Waals surface area contributed by atoms with Gasteiger partial charge in [0.1, 0.15) is 11.6 Å². The van der Waals surface area contributed by atoms with Crippen LogP contribution < -0.4 is 10.1 Å². The lowest BCUT2D eigenvalue weighted by Crippen LogP contribution is -2.12. The average molecular weight is 260 g/mol. The second-order valence-corrected chi connectivity index (χ2v) is 4.26. The highest BCUT2D eigenvalue weighted by Crippen LogP contribution is 2.21. The standard InChI is InChI=1S/C15H17FN2O/c1-3-17-10-12-5-4-6-15(18-12)19-13-7-8-14(16)11(2)9-13/h4-9,17H,3,10H2,1-2H3. The summed E-state index contributed by atoms with van der Waals surface area (Å²) in [6.45, 7) is 5.35. The summed E-state index contributed by atoms with van der Waals surface area (Å²) in [5.41, 5.74) is 1.47. The van der Waals surface area contributed by atoms with Crippen LogP contribution in [-0.2, 0) is 6.54 Å². The van der Waals surface area contributed by atoms with Crippen LogP contribution in [0.25, 0.3) is 0 Å². The fourth-order valence-corrected chi connectivity index (χ4v) is 1.67. The van der Waals surface area contributed by atoms with Crippen LogP contribution in [0.3, 0.4) is 0 Å². The molecule has 0 amide bonds. The Labute approximate surface area is 112 Å². The number of rotatable bonds is 5. The van der Waals surface area contributed by atoms with Gasteiger partial charge in [-0.2, -0.15) is 0 Å². The summed E-state index contributed by atoms with van der Waals surface area (Å²) >= 11 is 0. The SMILES string of the molecule is CCNCc1cccc(Oc2ccc(F)c(C)c2)n1. The maximum atomic E-state index is 13.2. The molecule has 100 valence electrons. The first kappa shape index (κ1) is 13.5. The fourth-order valence-electron chi connectivity index (χ4n) is 1.67. The molecule has 0 radical (unpaired) electrons. The highest BCUT2D eigenvalue weighted by Gasteiger charge is 2.03. The quantitative estimate of drug-likeness (QED) is 0.894. The zero-order chi connectivity index (χ0) is 13.7. The zero-order valence-corrected chi connectivity index (χ0v) is 11.1. The monoisotopic (exact) mass is 260 g/mol. The molecule has 1 aromatic heterocycles. The van der Waals surface area contributed by atoms with E-state index in [-0.39, 0.29) is 5.82 Å². The fraction of sp³-hybridized carbons (Fsp3) is 0.267. The van der Waals surface area contributed by atoms with Gasteiger partial charge in [0.2, 0.25) is 5.88 Å². The molecule has 4 heteroatoms. The number of nitrogens with one attached hydrogen (secondary N) is 1. The normalized spacial score (nSPS) is 10.5. The van der Waals surface area contributed by atoms with Gasteiger partial charge in [0, 0.05) is 12.6 Å². The van der Waals surface area contributed by atoms with Crippen molar-refractivity contribution < 1.29 is 9.13 Å². The summed E-state index contributed by atoms with van der Waals surface area (Å²) in [5, 5.41) is 3.20. The van der Waals surface area contributed by atoms with Crippen molar-refractivity contribution in [3.05, 3.63) is 53.5 Å². The second kappa shape index (κ2) is 6.29. The molecule has 1 aromatic carbocycles. The number of hydrogen-bond donors (Lipinski definition) is 1. The third-order valence-electron chi connectivity index (χ3n) is 2.69. The van der Waals surface area contributed by atoms with E-state index in [0.29, 0.717) is 23.7 Å². The summed E-state index contributed by atoms with van der Waals surface area (Å²) in [7, 11) is 0. The second-order valence-electron chi connectivity index (χ2n) is 4.26. The van der Waals surface area contributed by atoms with Gasteiger partial charge in [-0.25, -0.2) is 9.37 Å². The Morgan fingerprint density at radius 1 is 1.26 bits per heavy atom. The molecule has 2 aromatic rings. The van der Waals surface area contributed by atoms with Gasteiger partial charge in [-0.15, -0.1) is 0 Å². The zero-order valence-electron chi connectivity index (χ0n) is 11.1. The van der Waals surface area contributed by atoms with E-state index >= 15 is 0 Å². The molecule has 0 saturated carbocycles. The first-order valence-electron chi connectivity index (χ1n) is 6.29. The summed E-state index contributed by atoms with van der Waals surface area (Å²) in [6, 6.07) is 10.3. The first-order chi connectivity index (χ1) is 9.19. The van der Waals surface area contributed by atoms with Crippen LogP contribution in [0.2, 0.25) is 0 Å². The van der Waals surface area contributed by atoms with E-state index in [1.165, 1.54) is 6.07 Å². The molecule has 0 aliphatic carbocycles. The van der Waals surface area contributed by atoms with Gasteiger partial charge < -0.3 is 10.1 Å². The van der Waals surface area contributed by atoms with E-state index in [4.69, 9.17) is 4.74 Å². The largest absolute Gasteiger partial charge is 0.439 e. The van der Waals surface area contributed by atoms with Crippen LogP contribution in [0, 0.1) is 12.7 Å². The molecule has 1 heterocycles. The van der Waals surface area contributed by atoms with Crippen LogP contribution in [0.5, 0.6) is 11.6 Å². The minimum absolute atomic E-state index is 0.235. The van der Waals surface area contributed by atoms with E-state index in [0.717, 1.165) is 12.2 Å². The number of benzene rings is 1. The third-order valence-corrected chi connectivity index (χ3v) is 2.69. The number of aryl methyl sites for hydroxylation is 1. The van der Waals surface area contributed by atoms with Crippen molar-refractivity contribution in [2.24, 2.45) is 0 Å². The van der Waals surface area contributed by atoms with Gasteiger partial charge in [-0.3, -0.25) is 0 Å². The summed E-state index contributed by atoms with van der Waals surface area (Å²) < 4.78 is 18.8. The molecule has 0 aliphatic heterocycles. The molecule has 3 nitrogen and oxygen atoms in total. The number of halogens is 1. The lowest BCUT2D eigenvalue weighted by atomic mass is 10.2. The maximum absolute atomic E-state index is 13.2. The molecule has 0 spiro atoms. The summed E-state index contributed by atoms with van der Waals surface area (Å²) in [5.74, 6) is 0.870. The smallest absolute Gasteiger partial charge is 0.219 e. The first-order valence-corrected chi connectivity index (χ1v) is 6.29. The van der Waals surface area contributed by atoms with Gasteiger partial charge in [-0.1, -0.05) is 13.0 Å². The molecule has 1 N–H and O–H groups in total. The Kier molecular flexibility index (Phi) is 4.47. The number of ether oxygens (including phenoxy) is 1. The van der Waals surface area contributed by atoms with Gasteiger partial charge in [0.05, 0.1) is 5.69 Å². The van der Waals surface area contributed by atoms with Crippen LogP contribution in [0.4, 0.5) is 4.39 Å². The average Bonchev–Trinajstić information content (AvgIpc) is 2.41. The Morgan fingerprint density at radius 2 is 2.11 bits per heavy atom. The lowest BCUT2D eigenvalue weighted by molar-refractivity contribution is 0.457. The Bertz CT molecular complexity index is 558. The maximum Gasteiger partial charge on any atom is 0.219 e. The predicted octanol–water partition coefficient (Wildman–Crippen LogP) is 3.43. The molecule has 0 bridgehead atoms. The molecular weight excluding hydrogens is 243 g/mol. The molecule has 0 fully saturated rings. The Morgan fingerprint density at radius 3 is 2.84 bits per heavy atom. The Balaban J connectivity index is 2.11. The van der Waals surface area contributed by atoms with E-state index < -0.39 is 0 Å². The minimum Gasteiger partial charge on any atom is -0.439 e. The van der Waals surface area contributed by atoms with Crippen LogP contribution in [-0.4, -0.2) is 11.5 Å². The van der Waals surface area contributed by atoms with Crippen molar-refractivity contribution in [3.8, 4) is 11.6 Å². The number of nitrogens with zero attached hydrogens (tertiary/aromatic N) is 1.